The molecule has 2 atom stereocenters. The first-order valence-electron chi connectivity index (χ1n) is 5.93. The van der Waals surface area contributed by atoms with Crippen LogP contribution in [0.15, 0.2) is 0 Å². The highest BCUT2D eigenvalue weighted by Crippen LogP contribution is 2.39. The van der Waals surface area contributed by atoms with Crippen LogP contribution in [0.25, 0.3) is 0 Å². The van der Waals surface area contributed by atoms with E-state index in [4.69, 9.17) is 4.74 Å². The zero-order chi connectivity index (χ0) is 9.73. The van der Waals surface area contributed by atoms with Gasteiger partial charge in [0, 0.05) is 6.61 Å². The Bertz CT molecular complexity index is 140. The zero-order valence-electron chi connectivity index (χ0n) is 9.44. The third-order valence-electron chi connectivity index (χ3n) is 3.59. The molecular weight excluding hydrogens is 160 g/mol. The van der Waals surface area contributed by atoms with Crippen molar-refractivity contribution in [1.82, 2.24) is 0 Å². The molecule has 0 saturated carbocycles. The summed E-state index contributed by atoms with van der Waals surface area (Å²) in [6.45, 7) is 7.84. The molecule has 0 aromatic heterocycles. The second-order valence-electron chi connectivity index (χ2n) is 4.26. The fourth-order valence-electron chi connectivity index (χ4n) is 2.83. The minimum absolute atomic E-state index is 0.238. The fourth-order valence-corrected chi connectivity index (χ4v) is 2.83. The van der Waals surface area contributed by atoms with Crippen LogP contribution < -0.4 is 0 Å². The van der Waals surface area contributed by atoms with E-state index in [0.29, 0.717) is 0 Å². The Morgan fingerprint density at radius 3 is 2.62 bits per heavy atom. The zero-order valence-corrected chi connectivity index (χ0v) is 9.44. The van der Waals surface area contributed by atoms with E-state index in [1.54, 1.807) is 0 Å². The first-order chi connectivity index (χ1) is 6.29. The van der Waals surface area contributed by atoms with Crippen LogP contribution in [0.3, 0.4) is 0 Å². The lowest BCUT2D eigenvalue weighted by atomic mass is 9.76. The second kappa shape index (κ2) is 4.99. The summed E-state index contributed by atoms with van der Waals surface area (Å²) in [4.78, 5) is 0. The van der Waals surface area contributed by atoms with Gasteiger partial charge in [0.1, 0.15) is 0 Å². The van der Waals surface area contributed by atoms with Crippen LogP contribution in [0.5, 0.6) is 0 Å². The van der Waals surface area contributed by atoms with Crippen LogP contribution in [0.4, 0.5) is 0 Å². The molecule has 1 heteroatoms. The molecule has 0 bridgehead atoms. The Labute approximate surface area is 82.9 Å². The van der Waals surface area contributed by atoms with Crippen LogP contribution in [0, 0.1) is 5.92 Å². The molecular formula is C12H24O. The Morgan fingerprint density at radius 2 is 2.08 bits per heavy atom. The molecule has 0 radical (unpaired) electrons. The summed E-state index contributed by atoms with van der Waals surface area (Å²) >= 11 is 0. The molecule has 13 heavy (non-hydrogen) atoms. The van der Waals surface area contributed by atoms with Crippen LogP contribution in [0.1, 0.15) is 59.3 Å². The van der Waals surface area contributed by atoms with Crippen molar-refractivity contribution >= 4 is 0 Å². The first-order valence-corrected chi connectivity index (χ1v) is 5.93. The number of hydrogen-bond acceptors (Lipinski definition) is 1. The van der Waals surface area contributed by atoms with E-state index in [-0.39, 0.29) is 5.60 Å². The van der Waals surface area contributed by atoms with E-state index < -0.39 is 0 Å². The van der Waals surface area contributed by atoms with E-state index in [0.717, 1.165) is 12.5 Å². The Kier molecular flexibility index (Phi) is 4.24. The highest BCUT2D eigenvalue weighted by molar-refractivity contribution is 4.88. The predicted molar refractivity (Wildman–Crippen MR) is 56.9 cm³/mol. The van der Waals surface area contributed by atoms with Gasteiger partial charge in [-0.25, -0.2) is 0 Å². The molecule has 0 amide bonds. The highest BCUT2D eigenvalue weighted by Gasteiger charge is 2.38. The van der Waals surface area contributed by atoms with Crippen molar-refractivity contribution in [3.05, 3.63) is 0 Å². The minimum Gasteiger partial charge on any atom is -0.375 e. The van der Waals surface area contributed by atoms with Crippen molar-refractivity contribution in [3.63, 3.8) is 0 Å². The van der Waals surface area contributed by atoms with Crippen molar-refractivity contribution in [1.29, 1.82) is 0 Å². The molecule has 0 aliphatic carbocycles. The predicted octanol–water partition coefficient (Wildman–Crippen LogP) is 3.77. The number of rotatable bonds is 4. The van der Waals surface area contributed by atoms with Crippen molar-refractivity contribution in [2.75, 3.05) is 6.61 Å². The molecule has 1 rings (SSSR count). The van der Waals surface area contributed by atoms with Gasteiger partial charge in [-0.3, -0.25) is 0 Å². The van der Waals surface area contributed by atoms with E-state index in [2.05, 4.69) is 20.8 Å². The van der Waals surface area contributed by atoms with Crippen molar-refractivity contribution in [2.45, 2.75) is 64.9 Å². The summed E-state index contributed by atoms with van der Waals surface area (Å²) in [6.07, 6.45) is 7.63. The van der Waals surface area contributed by atoms with Gasteiger partial charge in [0.25, 0.3) is 0 Å². The summed E-state index contributed by atoms with van der Waals surface area (Å²) in [5, 5.41) is 0. The Hall–Kier alpha value is -0.0400. The molecule has 0 aromatic rings. The van der Waals surface area contributed by atoms with Crippen LogP contribution >= 0.6 is 0 Å². The lowest BCUT2D eigenvalue weighted by Gasteiger charge is -2.43. The second-order valence-corrected chi connectivity index (χ2v) is 4.26. The summed E-state index contributed by atoms with van der Waals surface area (Å²) in [5.74, 6) is 0.811. The first kappa shape index (κ1) is 11.0. The van der Waals surface area contributed by atoms with Gasteiger partial charge in [0.2, 0.25) is 0 Å². The molecule has 0 N–H and O–H groups in total. The molecule has 78 valence electrons. The fraction of sp³-hybridized carbons (Fsp3) is 1.00. The normalized spacial score (nSPS) is 34.8. The summed E-state index contributed by atoms with van der Waals surface area (Å²) in [5.41, 5.74) is 0.238. The maximum absolute atomic E-state index is 6.06. The largest absolute Gasteiger partial charge is 0.375 e. The van der Waals surface area contributed by atoms with E-state index in [9.17, 15) is 0 Å². The molecule has 1 fully saturated rings. The van der Waals surface area contributed by atoms with Crippen molar-refractivity contribution < 1.29 is 4.74 Å². The number of ether oxygens (including phenoxy) is 1. The van der Waals surface area contributed by atoms with Crippen molar-refractivity contribution in [2.24, 2.45) is 5.92 Å². The maximum Gasteiger partial charge on any atom is 0.0707 e. The van der Waals surface area contributed by atoms with Crippen LogP contribution in [-0.4, -0.2) is 12.2 Å². The third kappa shape index (κ3) is 2.25. The van der Waals surface area contributed by atoms with Gasteiger partial charge in [0.05, 0.1) is 5.60 Å². The average molecular weight is 184 g/mol. The highest BCUT2D eigenvalue weighted by atomic mass is 16.5. The molecule has 1 aliphatic heterocycles. The topological polar surface area (TPSA) is 9.23 Å². The Balaban J connectivity index is 2.66. The van der Waals surface area contributed by atoms with Gasteiger partial charge >= 0.3 is 0 Å². The number of hydrogen-bond donors (Lipinski definition) is 0. The van der Waals surface area contributed by atoms with Gasteiger partial charge in [0.15, 0.2) is 0 Å². The molecule has 2 unspecified atom stereocenters. The van der Waals surface area contributed by atoms with E-state index in [1.807, 2.05) is 0 Å². The van der Waals surface area contributed by atoms with E-state index >= 15 is 0 Å². The van der Waals surface area contributed by atoms with Gasteiger partial charge in [-0.2, -0.15) is 0 Å². The standard InChI is InChI=1S/C12H24O/c1-4-9-12(6-3)11(5-2)8-7-10-13-12/h11H,4-10H2,1-3H3. The van der Waals surface area contributed by atoms with Gasteiger partial charge in [-0.15, -0.1) is 0 Å². The lowest BCUT2D eigenvalue weighted by Crippen LogP contribution is -2.43. The molecule has 1 saturated heterocycles. The molecule has 0 aromatic carbocycles. The minimum atomic E-state index is 0.238. The maximum atomic E-state index is 6.06. The van der Waals surface area contributed by atoms with E-state index in [1.165, 1.54) is 38.5 Å². The molecule has 0 spiro atoms. The lowest BCUT2D eigenvalue weighted by molar-refractivity contribution is -0.127. The summed E-state index contributed by atoms with van der Waals surface area (Å²) < 4.78 is 6.06. The molecule has 1 heterocycles. The molecule has 1 nitrogen and oxygen atoms in total. The van der Waals surface area contributed by atoms with Gasteiger partial charge < -0.3 is 4.74 Å². The quantitative estimate of drug-likeness (QED) is 0.646. The smallest absolute Gasteiger partial charge is 0.0707 e. The third-order valence-corrected chi connectivity index (χ3v) is 3.59. The molecule has 1 aliphatic rings. The monoisotopic (exact) mass is 184 g/mol. The SMILES string of the molecule is CCCC1(CC)OCCCC1CC. The van der Waals surface area contributed by atoms with Crippen molar-refractivity contribution in [3.8, 4) is 0 Å². The average Bonchev–Trinajstić information content (AvgIpc) is 2.19. The summed E-state index contributed by atoms with van der Waals surface area (Å²) in [7, 11) is 0. The van der Waals surface area contributed by atoms with Gasteiger partial charge in [-0.1, -0.05) is 33.6 Å². The summed E-state index contributed by atoms with van der Waals surface area (Å²) in [6, 6.07) is 0. The van der Waals surface area contributed by atoms with Crippen LogP contribution in [0.2, 0.25) is 0 Å². The Morgan fingerprint density at radius 1 is 1.31 bits per heavy atom. The van der Waals surface area contributed by atoms with Gasteiger partial charge in [-0.05, 0) is 31.6 Å². The van der Waals surface area contributed by atoms with Crippen LogP contribution in [-0.2, 0) is 4.74 Å².